The van der Waals surface area contributed by atoms with Gasteiger partial charge in [0, 0.05) is 36.7 Å². The van der Waals surface area contributed by atoms with Crippen molar-refractivity contribution in [3.05, 3.63) is 83.4 Å². The van der Waals surface area contributed by atoms with Crippen molar-refractivity contribution in [2.75, 3.05) is 32.9 Å². The summed E-state index contributed by atoms with van der Waals surface area (Å²) in [6.07, 6.45) is 1.61. The average Bonchev–Trinajstić information content (AvgIpc) is 2.80. The lowest BCUT2D eigenvalue weighted by atomic mass is 9.91. The minimum Gasteiger partial charge on any atom is -0.508 e. The second-order valence-corrected chi connectivity index (χ2v) is 8.57. The van der Waals surface area contributed by atoms with Crippen LogP contribution in [-0.2, 0) is 0 Å². The molecule has 2 heterocycles. The molecular formula is C27H26FNO4. The van der Waals surface area contributed by atoms with Crippen LogP contribution in [0.25, 0.3) is 11.6 Å². The van der Waals surface area contributed by atoms with Crippen LogP contribution >= 0.6 is 0 Å². The molecule has 0 spiro atoms. The highest BCUT2D eigenvalue weighted by Crippen LogP contribution is 2.43. The Morgan fingerprint density at radius 1 is 0.970 bits per heavy atom. The molecule has 33 heavy (non-hydrogen) atoms. The molecule has 3 aromatic rings. The van der Waals surface area contributed by atoms with Crippen LogP contribution in [0.5, 0.6) is 23.0 Å². The molecule has 0 aromatic heterocycles. The molecule has 5 nitrogen and oxygen atoms in total. The van der Waals surface area contributed by atoms with Crippen molar-refractivity contribution in [2.45, 2.75) is 6.10 Å². The molecule has 0 saturated carbocycles. The van der Waals surface area contributed by atoms with E-state index < -0.39 is 0 Å². The minimum absolute atomic E-state index is 0.169. The Balaban J connectivity index is 1.34. The van der Waals surface area contributed by atoms with Gasteiger partial charge < -0.3 is 19.7 Å². The second-order valence-electron chi connectivity index (χ2n) is 8.57. The number of phenolic OH excluding ortho intramolecular Hbond substituents is 2. The fraction of sp³-hybridized carbons (Fsp3) is 0.259. The van der Waals surface area contributed by atoms with E-state index in [1.165, 1.54) is 0 Å². The molecule has 2 aliphatic rings. The third-order valence-electron chi connectivity index (χ3n) is 6.12. The highest BCUT2D eigenvalue weighted by Gasteiger charge is 2.27. The molecule has 6 heteroatoms. The van der Waals surface area contributed by atoms with Crippen LogP contribution in [-0.4, -0.2) is 48.0 Å². The summed E-state index contributed by atoms with van der Waals surface area (Å²) < 4.78 is 24.8. The molecule has 2 N–H and O–H groups in total. The maximum absolute atomic E-state index is 12.5. The van der Waals surface area contributed by atoms with Crippen LogP contribution < -0.4 is 9.47 Å². The summed E-state index contributed by atoms with van der Waals surface area (Å²) in [5, 5.41) is 19.9. The van der Waals surface area contributed by atoms with Crippen molar-refractivity contribution in [1.29, 1.82) is 0 Å². The van der Waals surface area contributed by atoms with E-state index in [0.29, 0.717) is 12.4 Å². The fourth-order valence-electron chi connectivity index (χ4n) is 4.35. The van der Waals surface area contributed by atoms with Crippen LogP contribution in [0.2, 0.25) is 0 Å². The number of alkyl halides is 1. The lowest BCUT2D eigenvalue weighted by Crippen LogP contribution is -2.49. The molecule has 3 aromatic carbocycles. The molecule has 1 fully saturated rings. The van der Waals surface area contributed by atoms with Gasteiger partial charge >= 0.3 is 0 Å². The van der Waals surface area contributed by atoms with Gasteiger partial charge in [-0.25, -0.2) is 0 Å². The number of hydrogen-bond donors (Lipinski definition) is 2. The molecule has 0 radical (unpaired) electrons. The van der Waals surface area contributed by atoms with Crippen LogP contribution in [0, 0.1) is 5.92 Å². The van der Waals surface area contributed by atoms with E-state index in [0.717, 1.165) is 47.6 Å². The van der Waals surface area contributed by atoms with Gasteiger partial charge in [0.05, 0.1) is 6.67 Å². The maximum Gasteiger partial charge on any atom is 0.149 e. The predicted molar refractivity (Wildman–Crippen MR) is 125 cm³/mol. The molecule has 0 aliphatic carbocycles. The summed E-state index contributed by atoms with van der Waals surface area (Å²) in [5.74, 6) is 1.98. The standard InChI is InChI=1S/C27H26FNO4/c28-15-18-16-29(17-18)10-11-32-24-7-4-19(5-8-24)27-25(20-2-1-3-22(30)12-20)14-21-13-23(31)6-9-26(21)33-27/h1-9,12-14,18,27,30-31H,10-11,15-17H2/t27-/m1/s1. The highest BCUT2D eigenvalue weighted by atomic mass is 19.1. The highest BCUT2D eigenvalue weighted by molar-refractivity contribution is 5.88. The van der Waals surface area contributed by atoms with Crippen LogP contribution in [0.4, 0.5) is 4.39 Å². The van der Waals surface area contributed by atoms with Crippen LogP contribution in [0.15, 0.2) is 66.7 Å². The largest absolute Gasteiger partial charge is 0.508 e. The number of phenols is 2. The number of fused-ring (bicyclic) bond motifs is 1. The molecule has 0 bridgehead atoms. The van der Waals surface area contributed by atoms with Crippen LogP contribution in [0.1, 0.15) is 22.8 Å². The number of benzene rings is 3. The first-order chi connectivity index (χ1) is 16.1. The zero-order valence-electron chi connectivity index (χ0n) is 18.2. The molecule has 0 unspecified atom stereocenters. The van der Waals surface area contributed by atoms with Gasteiger partial charge in [0.25, 0.3) is 0 Å². The summed E-state index contributed by atoms with van der Waals surface area (Å²) in [6, 6.07) is 19.9. The van der Waals surface area contributed by atoms with E-state index in [9.17, 15) is 14.6 Å². The number of likely N-dealkylation sites (tertiary alicyclic amines) is 1. The molecule has 1 saturated heterocycles. The lowest BCUT2D eigenvalue weighted by molar-refractivity contribution is 0.0668. The predicted octanol–water partition coefficient (Wildman–Crippen LogP) is 5.05. The Morgan fingerprint density at radius 3 is 2.52 bits per heavy atom. The quantitative estimate of drug-likeness (QED) is 0.531. The second kappa shape index (κ2) is 9.16. The van der Waals surface area contributed by atoms with Gasteiger partial charge in [-0.1, -0.05) is 24.3 Å². The third-order valence-corrected chi connectivity index (χ3v) is 6.12. The summed E-state index contributed by atoms with van der Waals surface area (Å²) >= 11 is 0. The molecule has 2 aliphatic heterocycles. The third kappa shape index (κ3) is 4.66. The first-order valence-electron chi connectivity index (χ1n) is 11.1. The number of ether oxygens (including phenoxy) is 2. The number of aromatic hydroxyl groups is 2. The van der Waals surface area contributed by atoms with Gasteiger partial charge in [-0.05, 0) is 59.7 Å². The van der Waals surface area contributed by atoms with Crippen molar-refractivity contribution in [3.8, 4) is 23.0 Å². The fourth-order valence-corrected chi connectivity index (χ4v) is 4.35. The van der Waals surface area contributed by atoms with Gasteiger partial charge in [0.2, 0.25) is 0 Å². The van der Waals surface area contributed by atoms with E-state index in [-0.39, 0.29) is 30.2 Å². The van der Waals surface area contributed by atoms with E-state index >= 15 is 0 Å². The van der Waals surface area contributed by atoms with Gasteiger partial charge in [0.15, 0.2) is 0 Å². The topological polar surface area (TPSA) is 62.2 Å². The number of halogens is 1. The average molecular weight is 448 g/mol. The van der Waals surface area contributed by atoms with Gasteiger partial charge in [-0.3, -0.25) is 9.29 Å². The molecule has 0 amide bonds. The zero-order valence-corrected chi connectivity index (χ0v) is 18.2. The summed E-state index contributed by atoms with van der Waals surface area (Å²) in [4.78, 5) is 2.19. The van der Waals surface area contributed by atoms with E-state index in [1.54, 1.807) is 36.4 Å². The normalized spacial score (nSPS) is 18.1. The van der Waals surface area contributed by atoms with E-state index in [1.807, 2.05) is 36.4 Å². The Hall–Kier alpha value is -3.51. The smallest absolute Gasteiger partial charge is 0.149 e. The van der Waals surface area contributed by atoms with Crippen molar-refractivity contribution in [3.63, 3.8) is 0 Å². The van der Waals surface area contributed by atoms with Gasteiger partial charge in [0.1, 0.15) is 35.7 Å². The zero-order chi connectivity index (χ0) is 22.8. The first kappa shape index (κ1) is 21.3. The first-order valence-corrected chi connectivity index (χ1v) is 11.1. The van der Waals surface area contributed by atoms with Crippen molar-refractivity contribution in [2.24, 2.45) is 5.92 Å². The summed E-state index contributed by atoms with van der Waals surface area (Å²) in [7, 11) is 0. The number of hydrogen-bond acceptors (Lipinski definition) is 5. The summed E-state index contributed by atoms with van der Waals surface area (Å²) in [5.41, 5.74) is 3.46. The molecule has 1 atom stereocenters. The minimum atomic E-state index is -0.378. The maximum atomic E-state index is 12.5. The van der Waals surface area contributed by atoms with Gasteiger partial charge in [-0.15, -0.1) is 0 Å². The lowest BCUT2D eigenvalue weighted by Gasteiger charge is -2.37. The monoisotopic (exact) mass is 447 g/mol. The van der Waals surface area contributed by atoms with Crippen molar-refractivity contribution >= 4 is 11.6 Å². The van der Waals surface area contributed by atoms with Gasteiger partial charge in [-0.2, -0.15) is 0 Å². The SMILES string of the molecule is Oc1cccc(C2=Cc3cc(O)ccc3O[C@@H]2c2ccc(OCCN3CC(CF)C3)cc2)c1. The Morgan fingerprint density at radius 2 is 1.76 bits per heavy atom. The molecular weight excluding hydrogens is 421 g/mol. The van der Waals surface area contributed by atoms with E-state index in [2.05, 4.69) is 4.90 Å². The summed E-state index contributed by atoms with van der Waals surface area (Å²) in [6.45, 7) is 2.72. The Labute approximate surface area is 192 Å². The van der Waals surface area contributed by atoms with Crippen molar-refractivity contribution in [1.82, 2.24) is 4.90 Å². The van der Waals surface area contributed by atoms with E-state index in [4.69, 9.17) is 9.47 Å². The number of nitrogens with zero attached hydrogens (tertiary/aromatic N) is 1. The Bertz CT molecular complexity index is 1160. The van der Waals surface area contributed by atoms with Crippen LogP contribution in [0.3, 0.4) is 0 Å². The molecule has 170 valence electrons. The number of rotatable bonds is 7. The Kier molecular flexibility index (Phi) is 5.92. The molecule has 5 rings (SSSR count). The van der Waals surface area contributed by atoms with Crippen molar-refractivity contribution < 1.29 is 24.1 Å².